The van der Waals surface area contributed by atoms with E-state index in [4.69, 9.17) is 16.3 Å². The molecule has 0 radical (unpaired) electrons. The number of amides is 1. The minimum Gasteiger partial charge on any atom is -0.507 e. The maximum atomic E-state index is 13.0. The summed E-state index contributed by atoms with van der Waals surface area (Å²) < 4.78 is 5.50. The number of Topliss-reactive ketones (excluding diaryl/α,β-unsaturated/α-hetero) is 1. The van der Waals surface area contributed by atoms with Crippen LogP contribution in [0.3, 0.4) is 0 Å². The zero-order valence-corrected chi connectivity index (χ0v) is 18.4. The van der Waals surface area contributed by atoms with E-state index in [0.29, 0.717) is 12.4 Å². The highest BCUT2D eigenvalue weighted by atomic mass is 35.5. The van der Waals surface area contributed by atoms with Crippen LogP contribution in [-0.2, 0) is 16.1 Å². The molecule has 1 unspecified atom stereocenters. The minimum absolute atomic E-state index is 0.0366. The molecule has 1 aliphatic heterocycles. The summed E-state index contributed by atoms with van der Waals surface area (Å²) in [6.07, 6.45) is 0. The van der Waals surface area contributed by atoms with Crippen molar-refractivity contribution in [1.29, 1.82) is 0 Å². The third-order valence-corrected chi connectivity index (χ3v) is 6.88. The van der Waals surface area contributed by atoms with Crippen LogP contribution < -0.4 is 4.74 Å². The molecule has 1 amide bonds. The minimum atomic E-state index is -0.722. The lowest BCUT2D eigenvalue weighted by atomic mass is 9.99. The molecule has 1 atom stereocenters. The Hall–Kier alpha value is -2.61. The van der Waals surface area contributed by atoms with Gasteiger partial charge in [-0.05, 0) is 48.0 Å². The average Bonchev–Trinajstić information content (AvgIpc) is 3.48. The Kier molecular flexibility index (Phi) is 5.94. The second kappa shape index (κ2) is 8.63. The monoisotopic (exact) mass is 459 g/mol. The second-order valence-electron chi connectivity index (χ2n) is 6.60. The first kappa shape index (κ1) is 20.7. The first-order chi connectivity index (χ1) is 14.5. The molecular weight excluding hydrogens is 442 g/mol. The van der Waals surface area contributed by atoms with Gasteiger partial charge < -0.3 is 14.7 Å². The first-order valence-corrected chi connectivity index (χ1v) is 11.4. The maximum absolute atomic E-state index is 13.0. The topological polar surface area (TPSA) is 66.8 Å². The van der Waals surface area contributed by atoms with Gasteiger partial charge in [-0.25, -0.2) is 0 Å². The van der Waals surface area contributed by atoms with Crippen molar-refractivity contribution < 1.29 is 19.4 Å². The van der Waals surface area contributed by atoms with E-state index >= 15 is 0 Å². The zero-order chi connectivity index (χ0) is 21.3. The van der Waals surface area contributed by atoms with Crippen molar-refractivity contribution in [2.24, 2.45) is 0 Å². The standard InChI is InChI=1S/C22H18ClNO4S2/c1-2-28-13-7-8-16(23)15(11-13)20(25)18-19(17-6-4-10-30-17)24(22(27)21(18)26)12-14-5-3-9-29-14/h3-11,19,25H,2,12H2,1H3/b20-18-. The highest BCUT2D eigenvalue weighted by Gasteiger charge is 2.46. The molecule has 0 saturated carbocycles. The molecule has 4 rings (SSSR count). The van der Waals surface area contributed by atoms with Crippen LogP contribution in [0.5, 0.6) is 5.75 Å². The van der Waals surface area contributed by atoms with Gasteiger partial charge in [0.25, 0.3) is 11.7 Å². The first-order valence-electron chi connectivity index (χ1n) is 9.28. The molecule has 5 nitrogen and oxygen atoms in total. The molecule has 1 fully saturated rings. The maximum Gasteiger partial charge on any atom is 0.296 e. The third kappa shape index (κ3) is 3.76. The summed E-state index contributed by atoms with van der Waals surface area (Å²) in [6.45, 7) is 2.58. The van der Waals surface area contributed by atoms with E-state index in [2.05, 4.69) is 0 Å². The number of benzene rings is 1. The van der Waals surface area contributed by atoms with Gasteiger partial charge in [0, 0.05) is 15.3 Å². The lowest BCUT2D eigenvalue weighted by Crippen LogP contribution is -2.28. The number of hydrogen-bond acceptors (Lipinski definition) is 6. The largest absolute Gasteiger partial charge is 0.507 e. The van der Waals surface area contributed by atoms with Crippen LogP contribution in [0.2, 0.25) is 5.02 Å². The van der Waals surface area contributed by atoms with E-state index < -0.39 is 17.7 Å². The van der Waals surface area contributed by atoms with Crippen LogP contribution in [0.25, 0.3) is 5.76 Å². The van der Waals surface area contributed by atoms with Gasteiger partial charge in [-0.15, -0.1) is 22.7 Å². The quantitative estimate of drug-likeness (QED) is 0.301. The number of aliphatic hydroxyl groups is 1. The van der Waals surface area contributed by atoms with E-state index in [0.717, 1.165) is 9.75 Å². The molecule has 1 N–H and O–H groups in total. The van der Waals surface area contributed by atoms with Crippen molar-refractivity contribution in [3.05, 3.63) is 79.1 Å². The highest BCUT2D eigenvalue weighted by molar-refractivity contribution is 7.10. The molecule has 30 heavy (non-hydrogen) atoms. The van der Waals surface area contributed by atoms with Crippen LogP contribution in [0.15, 0.2) is 58.8 Å². The van der Waals surface area contributed by atoms with Crippen molar-refractivity contribution in [2.75, 3.05) is 6.61 Å². The predicted octanol–water partition coefficient (Wildman–Crippen LogP) is 5.48. The normalized spacial score (nSPS) is 18.2. The Morgan fingerprint density at radius 2 is 1.93 bits per heavy atom. The van der Waals surface area contributed by atoms with Crippen molar-refractivity contribution in [3.63, 3.8) is 0 Å². The van der Waals surface area contributed by atoms with E-state index in [9.17, 15) is 14.7 Å². The zero-order valence-electron chi connectivity index (χ0n) is 16.0. The number of aliphatic hydroxyl groups excluding tert-OH is 1. The summed E-state index contributed by atoms with van der Waals surface area (Å²) in [7, 11) is 0. The van der Waals surface area contributed by atoms with Crippen molar-refractivity contribution >= 4 is 51.7 Å². The van der Waals surface area contributed by atoms with Gasteiger partial charge in [-0.2, -0.15) is 0 Å². The molecule has 3 aromatic rings. The van der Waals surface area contributed by atoms with Gasteiger partial charge in [0.15, 0.2) is 0 Å². The molecule has 1 aromatic carbocycles. The number of halogens is 1. The summed E-state index contributed by atoms with van der Waals surface area (Å²) >= 11 is 9.26. The number of nitrogens with zero attached hydrogens (tertiary/aromatic N) is 1. The van der Waals surface area contributed by atoms with Gasteiger partial charge in [-0.3, -0.25) is 9.59 Å². The number of ketones is 1. The van der Waals surface area contributed by atoms with Crippen molar-refractivity contribution in [1.82, 2.24) is 4.90 Å². The Bertz CT molecular complexity index is 1110. The fraction of sp³-hybridized carbons (Fsp3) is 0.182. The lowest BCUT2D eigenvalue weighted by Gasteiger charge is -2.23. The summed E-state index contributed by atoms with van der Waals surface area (Å²) in [5, 5.41) is 15.2. The summed E-state index contributed by atoms with van der Waals surface area (Å²) in [6, 6.07) is 11.7. The number of carbonyl (C=O) groups is 2. The van der Waals surface area contributed by atoms with Crippen LogP contribution in [0.4, 0.5) is 0 Å². The summed E-state index contributed by atoms with van der Waals surface area (Å²) in [5.74, 6) is -1.14. The van der Waals surface area contributed by atoms with Crippen LogP contribution in [-0.4, -0.2) is 28.3 Å². The van der Waals surface area contributed by atoms with Crippen molar-refractivity contribution in [3.8, 4) is 5.75 Å². The number of thiophene rings is 2. The smallest absolute Gasteiger partial charge is 0.296 e. The van der Waals surface area contributed by atoms with Gasteiger partial charge in [0.1, 0.15) is 17.6 Å². The van der Waals surface area contributed by atoms with Crippen LogP contribution in [0.1, 0.15) is 28.3 Å². The molecule has 8 heteroatoms. The van der Waals surface area contributed by atoms with Crippen LogP contribution >= 0.6 is 34.3 Å². The molecule has 0 bridgehead atoms. The molecule has 2 aromatic heterocycles. The number of carbonyl (C=O) groups excluding carboxylic acids is 2. The lowest BCUT2D eigenvalue weighted by molar-refractivity contribution is -0.140. The van der Waals surface area contributed by atoms with Gasteiger partial charge in [0.2, 0.25) is 0 Å². The average molecular weight is 460 g/mol. The highest BCUT2D eigenvalue weighted by Crippen LogP contribution is 2.43. The number of likely N-dealkylation sites (tertiary alicyclic amines) is 1. The number of rotatable bonds is 6. The molecule has 0 spiro atoms. The molecule has 0 aliphatic carbocycles. The number of ether oxygens (including phenoxy) is 1. The van der Waals surface area contributed by atoms with Crippen molar-refractivity contribution in [2.45, 2.75) is 19.5 Å². The molecule has 1 saturated heterocycles. The molecular formula is C22H18ClNO4S2. The Labute approximate surface area is 186 Å². The Balaban J connectivity index is 1.85. The molecule has 154 valence electrons. The van der Waals surface area contributed by atoms with E-state index in [1.807, 2.05) is 41.9 Å². The SMILES string of the molecule is CCOc1ccc(Cl)c(/C(O)=C2/C(=O)C(=O)N(Cc3cccs3)C2c2cccs2)c1. The van der Waals surface area contributed by atoms with Gasteiger partial charge >= 0.3 is 0 Å². The Morgan fingerprint density at radius 1 is 1.17 bits per heavy atom. The van der Waals surface area contributed by atoms with E-state index in [1.54, 1.807) is 18.2 Å². The Morgan fingerprint density at radius 3 is 2.60 bits per heavy atom. The molecule has 3 heterocycles. The fourth-order valence-electron chi connectivity index (χ4n) is 3.44. The summed E-state index contributed by atoms with van der Waals surface area (Å²) in [4.78, 5) is 29.2. The summed E-state index contributed by atoms with van der Waals surface area (Å²) in [5.41, 5.74) is 0.299. The second-order valence-corrected chi connectivity index (χ2v) is 9.02. The van der Waals surface area contributed by atoms with Gasteiger partial charge in [0.05, 0.1) is 23.7 Å². The third-order valence-electron chi connectivity index (χ3n) is 4.76. The fourth-order valence-corrected chi connectivity index (χ4v) is 5.20. The van der Waals surface area contributed by atoms with Crippen LogP contribution in [0, 0.1) is 0 Å². The van der Waals surface area contributed by atoms with Gasteiger partial charge in [-0.1, -0.05) is 23.7 Å². The van der Waals surface area contributed by atoms with E-state index in [1.165, 1.54) is 27.6 Å². The van der Waals surface area contributed by atoms with E-state index in [-0.39, 0.29) is 28.5 Å². The predicted molar refractivity (Wildman–Crippen MR) is 119 cm³/mol. The number of hydrogen-bond donors (Lipinski definition) is 1. The molecule has 1 aliphatic rings.